The number of carbonyl (C=O) groups is 2. The molecule has 2 aliphatic rings. The van der Waals surface area contributed by atoms with Crippen molar-refractivity contribution < 1.29 is 14.4 Å². The maximum absolute atomic E-state index is 12.8. The molecule has 0 radical (unpaired) electrons. The SMILES string of the molecule is O=C1[C@@H]2C(c3ccc(Cl)cc3Cl)=NO[C@@H]2C(=O)N1Cc1ccccc1. The highest BCUT2D eigenvalue weighted by Crippen LogP contribution is 2.35. The van der Waals surface area contributed by atoms with E-state index in [2.05, 4.69) is 5.16 Å². The van der Waals surface area contributed by atoms with E-state index in [0.29, 0.717) is 21.3 Å². The molecule has 4 rings (SSSR count). The Kier molecular flexibility index (Phi) is 3.98. The number of imide groups is 1. The number of nitrogens with zero attached hydrogens (tertiary/aromatic N) is 2. The van der Waals surface area contributed by atoms with Crippen LogP contribution in [0, 0.1) is 5.92 Å². The Hall–Kier alpha value is -2.37. The zero-order chi connectivity index (χ0) is 17.6. The van der Waals surface area contributed by atoms with Crippen LogP contribution < -0.4 is 0 Å². The van der Waals surface area contributed by atoms with Gasteiger partial charge >= 0.3 is 0 Å². The third kappa shape index (κ3) is 2.69. The van der Waals surface area contributed by atoms with Gasteiger partial charge in [-0.3, -0.25) is 14.5 Å². The molecule has 2 aromatic carbocycles. The summed E-state index contributed by atoms with van der Waals surface area (Å²) in [5.41, 5.74) is 1.77. The Morgan fingerprint density at radius 2 is 1.80 bits per heavy atom. The van der Waals surface area contributed by atoms with Gasteiger partial charge in [-0.15, -0.1) is 0 Å². The molecule has 0 N–H and O–H groups in total. The molecule has 25 heavy (non-hydrogen) atoms. The molecule has 1 fully saturated rings. The fraction of sp³-hybridized carbons (Fsp3) is 0.167. The molecule has 2 aliphatic heterocycles. The molecule has 2 aromatic rings. The van der Waals surface area contributed by atoms with Crippen LogP contribution in [0.2, 0.25) is 10.0 Å². The Balaban J connectivity index is 1.64. The van der Waals surface area contributed by atoms with Crippen LogP contribution in [0.3, 0.4) is 0 Å². The topological polar surface area (TPSA) is 59.0 Å². The predicted octanol–water partition coefficient (Wildman–Crippen LogP) is 3.28. The lowest BCUT2D eigenvalue weighted by atomic mass is 9.94. The molecule has 0 bridgehead atoms. The van der Waals surface area contributed by atoms with E-state index in [1.807, 2.05) is 30.3 Å². The largest absolute Gasteiger partial charge is 0.381 e. The highest BCUT2D eigenvalue weighted by Gasteiger charge is 2.55. The highest BCUT2D eigenvalue weighted by atomic mass is 35.5. The van der Waals surface area contributed by atoms with Gasteiger partial charge in [0.1, 0.15) is 11.6 Å². The molecule has 2 atom stereocenters. The van der Waals surface area contributed by atoms with Gasteiger partial charge in [0.25, 0.3) is 5.91 Å². The van der Waals surface area contributed by atoms with Gasteiger partial charge < -0.3 is 4.84 Å². The zero-order valence-electron chi connectivity index (χ0n) is 12.9. The summed E-state index contributed by atoms with van der Waals surface area (Å²) in [5, 5.41) is 4.78. The number of likely N-dealkylation sites (tertiary alicyclic amines) is 1. The molecule has 0 spiro atoms. The second-order valence-electron chi connectivity index (χ2n) is 5.85. The summed E-state index contributed by atoms with van der Waals surface area (Å²) in [6.07, 6.45) is -0.932. The first-order chi connectivity index (χ1) is 12.1. The molecule has 126 valence electrons. The first kappa shape index (κ1) is 16.1. The standard InChI is InChI=1S/C18H12Cl2N2O3/c19-11-6-7-12(13(20)8-11)15-14-16(25-21-15)18(24)22(17(14)23)9-10-4-2-1-3-5-10/h1-8,14,16H,9H2/t14-,16+/m1/s1. The lowest BCUT2D eigenvalue weighted by Gasteiger charge is -2.15. The fourth-order valence-corrected chi connectivity index (χ4v) is 3.58. The highest BCUT2D eigenvalue weighted by molar-refractivity contribution is 6.38. The van der Waals surface area contributed by atoms with Crippen molar-refractivity contribution in [3.63, 3.8) is 0 Å². The fourth-order valence-electron chi connectivity index (χ4n) is 3.07. The summed E-state index contributed by atoms with van der Waals surface area (Å²) in [5.74, 6) is -1.50. The van der Waals surface area contributed by atoms with Gasteiger partial charge in [0.2, 0.25) is 12.0 Å². The lowest BCUT2D eigenvalue weighted by Crippen LogP contribution is -2.32. The van der Waals surface area contributed by atoms with Crippen LogP contribution in [-0.2, 0) is 21.0 Å². The van der Waals surface area contributed by atoms with Crippen LogP contribution in [0.5, 0.6) is 0 Å². The summed E-state index contributed by atoms with van der Waals surface area (Å²) in [7, 11) is 0. The van der Waals surface area contributed by atoms with Gasteiger partial charge in [-0.05, 0) is 17.7 Å². The number of amides is 2. The number of carbonyl (C=O) groups excluding carboxylic acids is 2. The smallest absolute Gasteiger partial charge is 0.274 e. The third-order valence-corrected chi connectivity index (χ3v) is 4.84. The molecule has 0 aliphatic carbocycles. The molecule has 0 saturated carbocycles. The van der Waals surface area contributed by atoms with Crippen molar-refractivity contribution in [1.82, 2.24) is 4.90 Å². The van der Waals surface area contributed by atoms with Gasteiger partial charge in [-0.1, -0.05) is 64.8 Å². The number of halogens is 2. The first-order valence-corrected chi connectivity index (χ1v) is 8.40. The normalized spacial score (nSPS) is 22.0. The van der Waals surface area contributed by atoms with Crippen molar-refractivity contribution in [1.29, 1.82) is 0 Å². The minimum absolute atomic E-state index is 0.205. The molecule has 2 amide bonds. The van der Waals surface area contributed by atoms with Crippen LogP contribution in [-0.4, -0.2) is 28.5 Å². The van der Waals surface area contributed by atoms with Crippen molar-refractivity contribution in [2.24, 2.45) is 11.1 Å². The number of rotatable bonds is 3. The van der Waals surface area contributed by atoms with Crippen molar-refractivity contribution in [2.75, 3.05) is 0 Å². The molecule has 0 aromatic heterocycles. The molecule has 1 saturated heterocycles. The molecular weight excluding hydrogens is 363 g/mol. The minimum atomic E-state index is -0.932. The lowest BCUT2D eigenvalue weighted by molar-refractivity contribution is -0.142. The van der Waals surface area contributed by atoms with E-state index in [-0.39, 0.29) is 18.4 Å². The van der Waals surface area contributed by atoms with E-state index in [4.69, 9.17) is 28.0 Å². The van der Waals surface area contributed by atoms with E-state index in [9.17, 15) is 9.59 Å². The second kappa shape index (κ2) is 6.17. The maximum atomic E-state index is 12.8. The summed E-state index contributed by atoms with van der Waals surface area (Å²) in [6, 6.07) is 14.2. The summed E-state index contributed by atoms with van der Waals surface area (Å²) >= 11 is 12.1. The van der Waals surface area contributed by atoms with Gasteiger partial charge in [-0.2, -0.15) is 0 Å². The Morgan fingerprint density at radius 3 is 2.52 bits per heavy atom. The van der Waals surface area contributed by atoms with E-state index < -0.39 is 12.0 Å². The maximum Gasteiger partial charge on any atom is 0.274 e. The van der Waals surface area contributed by atoms with Gasteiger partial charge in [0.05, 0.1) is 11.6 Å². The quantitative estimate of drug-likeness (QED) is 0.774. The van der Waals surface area contributed by atoms with Crippen LogP contribution >= 0.6 is 23.2 Å². The van der Waals surface area contributed by atoms with E-state index in [1.54, 1.807) is 18.2 Å². The van der Waals surface area contributed by atoms with Crippen molar-refractivity contribution in [3.05, 3.63) is 69.7 Å². The van der Waals surface area contributed by atoms with Gasteiger partial charge in [0.15, 0.2) is 0 Å². The molecule has 2 heterocycles. The van der Waals surface area contributed by atoms with Crippen LogP contribution in [0.4, 0.5) is 0 Å². The first-order valence-electron chi connectivity index (χ1n) is 7.64. The van der Waals surface area contributed by atoms with Gasteiger partial charge in [0, 0.05) is 10.6 Å². The van der Waals surface area contributed by atoms with Crippen molar-refractivity contribution in [2.45, 2.75) is 12.6 Å². The summed E-state index contributed by atoms with van der Waals surface area (Å²) in [4.78, 5) is 31.9. The van der Waals surface area contributed by atoms with Crippen LogP contribution in [0.1, 0.15) is 11.1 Å². The number of benzene rings is 2. The average molecular weight is 375 g/mol. The molecular formula is C18H12Cl2N2O3. The van der Waals surface area contributed by atoms with E-state index in [0.717, 1.165) is 5.56 Å². The van der Waals surface area contributed by atoms with Crippen molar-refractivity contribution in [3.8, 4) is 0 Å². The Labute approximate surface area is 153 Å². The van der Waals surface area contributed by atoms with Crippen LogP contribution in [0.25, 0.3) is 0 Å². The third-order valence-electron chi connectivity index (χ3n) is 4.29. The molecule has 7 heteroatoms. The number of hydrogen-bond acceptors (Lipinski definition) is 4. The Bertz CT molecular complexity index is 898. The Morgan fingerprint density at radius 1 is 1.04 bits per heavy atom. The number of fused-ring (bicyclic) bond motifs is 1. The van der Waals surface area contributed by atoms with E-state index in [1.165, 1.54) is 4.90 Å². The minimum Gasteiger partial charge on any atom is -0.381 e. The summed E-state index contributed by atoms with van der Waals surface area (Å²) in [6.45, 7) is 0.205. The molecule has 5 nitrogen and oxygen atoms in total. The monoisotopic (exact) mass is 374 g/mol. The number of hydrogen-bond donors (Lipinski definition) is 0. The average Bonchev–Trinajstić information content (AvgIpc) is 3.12. The summed E-state index contributed by atoms with van der Waals surface area (Å²) < 4.78 is 0. The number of oxime groups is 1. The molecule has 0 unspecified atom stereocenters. The predicted molar refractivity (Wildman–Crippen MR) is 93.4 cm³/mol. The van der Waals surface area contributed by atoms with E-state index >= 15 is 0 Å². The van der Waals surface area contributed by atoms with Crippen molar-refractivity contribution >= 4 is 40.7 Å². The second-order valence-corrected chi connectivity index (χ2v) is 6.70. The van der Waals surface area contributed by atoms with Crippen LogP contribution in [0.15, 0.2) is 53.7 Å². The zero-order valence-corrected chi connectivity index (χ0v) is 14.4. The van der Waals surface area contributed by atoms with Gasteiger partial charge in [-0.25, -0.2) is 0 Å².